The minimum Gasteiger partial charge on any atom is -0.497 e. The van der Waals surface area contributed by atoms with Crippen LogP contribution in [0.3, 0.4) is 0 Å². The zero-order chi connectivity index (χ0) is 19.9. The van der Waals surface area contributed by atoms with E-state index in [2.05, 4.69) is 15.0 Å². The minimum atomic E-state index is -1.09. The molecule has 8 nitrogen and oxygen atoms in total. The number of ether oxygens (including phenoxy) is 3. The third kappa shape index (κ3) is 4.53. The lowest BCUT2D eigenvalue weighted by atomic mass is 10.2. The van der Waals surface area contributed by atoms with Crippen molar-refractivity contribution in [1.82, 2.24) is 15.0 Å². The zero-order valence-electron chi connectivity index (χ0n) is 15.5. The smallest absolute Gasteiger partial charge is 0.338 e. The highest BCUT2D eigenvalue weighted by Gasteiger charge is 2.13. The molecule has 0 spiro atoms. The minimum absolute atomic E-state index is 0.00844. The summed E-state index contributed by atoms with van der Waals surface area (Å²) in [5, 5.41) is 8.96. The number of aromatic nitrogens is 3. The molecule has 1 N–H and O–H groups in total. The first-order valence-corrected chi connectivity index (χ1v) is 8.55. The van der Waals surface area contributed by atoms with Crippen LogP contribution in [0.15, 0.2) is 48.9 Å². The van der Waals surface area contributed by atoms with Crippen LogP contribution in [0.25, 0.3) is 11.4 Å². The van der Waals surface area contributed by atoms with Crippen molar-refractivity contribution < 1.29 is 24.1 Å². The number of benzene rings is 1. The van der Waals surface area contributed by atoms with Gasteiger partial charge in [0, 0.05) is 24.7 Å². The molecule has 144 valence electrons. The van der Waals surface area contributed by atoms with Crippen molar-refractivity contribution in [1.29, 1.82) is 0 Å². The predicted molar refractivity (Wildman–Crippen MR) is 101 cm³/mol. The van der Waals surface area contributed by atoms with Crippen molar-refractivity contribution in [3.05, 3.63) is 60.0 Å². The lowest BCUT2D eigenvalue weighted by molar-refractivity contribution is 0.0696. The fraction of sp³-hybridized carbons (Fsp3) is 0.200. The van der Waals surface area contributed by atoms with E-state index in [1.165, 1.54) is 12.4 Å². The van der Waals surface area contributed by atoms with Crippen LogP contribution in [0.2, 0.25) is 0 Å². The fourth-order valence-corrected chi connectivity index (χ4v) is 2.40. The third-order valence-corrected chi connectivity index (χ3v) is 3.83. The Morgan fingerprint density at radius 2 is 1.75 bits per heavy atom. The number of aromatic carboxylic acids is 1. The number of carboxylic acid groups (broad SMARTS) is 1. The maximum Gasteiger partial charge on any atom is 0.338 e. The molecule has 1 aromatic carbocycles. The fourth-order valence-electron chi connectivity index (χ4n) is 2.40. The summed E-state index contributed by atoms with van der Waals surface area (Å²) in [5.41, 5.74) is 1.53. The van der Waals surface area contributed by atoms with E-state index in [9.17, 15) is 4.79 Å². The Kier molecular flexibility index (Phi) is 6.01. The predicted octanol–water partition coefficient (Wildman–Crippen LogP) is 3.22. The van der Waals surface area contributed by atoms with Crippen molar-refractivity contribution in [2.45, 2.75) is 13.5 Å². The molecule has 2 aromatic heterocycles. The van der Waals surface area contributed by atoms with Gasteiger partial charge in [0.25, 0.3) is 0 Å². The Hall–Kier alpha value is -3.68. The first-order chi connectivity index (χ1) is 13.6. The number of carboxylic acids is 1. The van der Waals surface area contributed by atoms with E-state index in [-0.39, 0.29) is 5.56 Å². The Morgan fingerprint density at radius 1 is 1.04 bits per heavy atom. The third-order valence-electron chi connectivity index (χ3n) is 3.83. The van der Waals surface area contributed by atoms with Crippen LogP contribution in [-0.2, 0) is 6.61 Å². The number of nitrogens with zero attached hydrogens (tertiary/aromatic N) is 3. The second-order valence-corrected chi connectivity index (χ2v) is 5.69. The summed E-state index contributed by atoms with van der Waals surface area (Å²) in [6, 6.07) is 9.21. The highest BCUT2D eigenvalue weighted by molar-refractivity contribution is 5.87. The Labute approximate surface area is 161 Å². The van der Waals surface area contributed by atoms with Crippen LogP contribution in [-0.4, -0.2) is 39.7 Å². The molecule has 3 rings (SSSR count). The zero-order valence-corrected chi connectivity index (χ0v) is 15.5. The molecule has 0 atom stereocenters. The summed E-state index contributed by atoms with van der Waals surface area (Å²) in [6.07, 6.45) is 4.03. The average molecular weight is 381 g/mol. The molecule has 0 saturated carbocycles. The molecule has 0 aliphatic rings. The summed E-state index contributed by atoms with van der Waals surface area (Å²) in [4.78, 5) is 23.4. The van der Waals surface area contributed by atoms with E-state index in [4.69, 9.17) is 19.3 Å². The van der Waals surface area contributed by atoms with Gasteiger partial charge in [-0.05, 0) is 24.6 Å². The summed E-state index contributed by atoms with van der Waals surface area (Å²) in [5.74, 6) is 0.911. The van der Waals surface area contributed by atoms with Crippen molar-refractivity contribution in [3.8, 4) is 28.8 Å². The molecule has 28 heavy (non-hydrogen) atoms. The molecule has 0 aliphatic heterocycles. The van der Waals surface area contributed by atoms with Gasteiger partial charge >= 0.3 is 5.97 Å². The molecular weight excluding hydrogens is 362 g/mol. The normalized spacial score (nSPS) is 10.4. The molecule has 3 aromatic rings. The first-order valence-electron chi connectivity index (χ1n) is 8.55. The van der Waals surface area contributed by atoms with Gasteiger partial charge in [0.15, 0.2) is 5.82 Å². The summed E-state index contributed by atoms with van der Waals surface area (Å²) < 4.78 is 16.5. The van der Waals surface area contributed by atoms with Crippen LogP contribution >= 0.6 is 0 Å². The second kappa shape index (κ2) is 8.81. The molecule has 8 heteroatoms. The number of methoxy groups -OCH3 is 1. The molecule has 0 aliphatic carbocycles. The standard InChI is InChI=1S/C20H19N3O5/c1-3-27-17-8-18(28-12-13-4-6-15(26-2)7-5-13)21-11-16(17)19-22-9-14(10-23-19)20(24)25/h4-11H,3,12H2,1-2H3,(H,24,25). The summed E-state index contributed by atoms with van der Waals surface area (Å²) in [7, 11) is 1.62. The van der Waals surface area contributed by atoms with E-state index in [1.54, 1.807) is 19.4 Å². The van der Waals surface area contributed by atoms with E-state index in [1.807, 2.05) is 31.2 Å². The SMILES string of the molecule is CCOc1cc(OCc2ccc(OC)cc2)ncc1-c1ncc(C(=O)O)cn1. The van der Waals surface area contributed by atoms with Gasteiger partial charge in [-0.3, -0.25) is 0 Å². The van der Waals surface area contributed by atoms with Crippen molar-refractivity contribution in [2.24, 2.45) is 0 Å². The molecule has 0 radical (unpaired) electrons. The van der Waals surface area contributed by atoms with Crippen LogP contribution in [0.5, 0.6) is 17.4 Å². The second-order valence-electron chi connectivity index (χ2n) is 5.69. The largest absolute Gasteiger partial charge is 0.497 e. The van der Waals surface area contributed by atoms with Gasteiger partial charge < -0.3 is 19.3 Å². The van der Waals surface area contributed by atoms with Crippen molar-refractivity contribution >= 4 is 5.97 Å². The molecule has 0 amide bonds. The van der Waals surface area contributed by atoms with Crippen molar-refractivity contribution in [2.75, 3.05) is 13.7 Å². The van der Waals surface area contributed by atoms with Gasteiger partial charge in [-0.2, -0.15) is 0 Å². The summed E-state index contributed by atoms with van der Waals surface area (Å²) in [6.45, 7) is 2.63. The first kappa shape index (κ1) is 19.1. The molecule has 0 unspecified atom stereocenters. The lowest BCUT2D eigenvalue weighted by Crippen LogP contribution is -2.03. The Balaban J connectivity index is 1.78. The van der Waals surface area contributed by atoms with Crippen LogP contribution < -0.4 is 14.2 Å². The molecular formula is C20H19N3O5. The Bertz CT molecular complexity index is 943. The number of pyridine rings is 1. The van der Waals surface area contributed by atoms with Gasteiger partial charge in [0.1, 0.15) is 18.1 Å². The van der Waals surface area contributed by atoms with Crippen molar-refractivity contribution in [3.63, 3.8) is 0 Å². The van der Waals surface area contributed by atoms with Gasteiger partial charge in [-0.1, -0.05) is 12.1 Å². The monoisotopic (exact) mass is 381 g/mol. The Morgan fingerprint density at radius 3 is 2.36 bits per heavy atom. The maximum atomic E-state index is 10.9. The quantitative estimate of drug-likeness (QED) is 0.634. The van der Waals surface area contributed by atoms with Gasteiger partial charge in [0.05, 0.1) is 24.8 Å². The van der Waals surface area contributed by atoms with Gasteiger partial charge in [-0.25, -0.2) is 19.7 Å². The number of carbonyl (C=O) groups is 1. The van der Waals surface area contributed by atoms with Gasteiger partial charge in [-0.15, -0.1) is 0 Å². The molecule has 0 fully saturated rings. The average Bonchev–Trinajstić information content (AvgIpc) is 2.73. The van der Waals surface area contributed by atoms with E-state index in [0.29, 0.717) is 36.2 Å². The van der Waals surface area contributed by atoms with Crippen LogP contribution in [0.1, 0.15) is 22.8 Å². The van der Waals surface area contributed by atoms with Gasteiger partial charge in [0.2, 0.25) is 5.88 Å². The lowest BCUT2D eigenvalue weighted by Gasteiger charge is -2.12. The maximum absolute atomic E-state index is 10.9. The highest BCUT2D eigenvalue weighted by Crippen LogP contribution is 2.30. The van der Waals surface area contributed by atoms with E-state index < -0.39 is 5.97 Å². The summed E-state index contributed by atoms with van der Waals surface area (Å²) >= 11 is 0. The molecule has 0 bridgehead atoms. The van der Waals surface area contributed by atoms with Crippen LogP contribution in [0, 0.1) is 0 Å². The van der Waals surface area contributed by atoms with E-state index in [0.717, 1.165) is 11.3 Å². The van der Waals surface area contributed by atoms with Crippen LogP contribution in [0.4, 0.5) is 0 Å². The number of hydrogen-bond acceptors (Lipinski definition) is 7. The number of rotatable bonds is 8. The topological polar surface area (TPSA) is 104 Å². The highest BCUT2D eigenvalue weighted by atomic mass is 16.5. The molecule has 2 heterocycles. The van der Waals surface area contributed by atoms with E-state index >= 15 is 0 Å². The molecule has 0 saturated heterocycles. The number of hydrogen-bond donors (Lipinski definition) is 1.